The number of hydrogen-bond donors (Lipinski definition) is 4. The van der Waals surface area contributed by atoms with Crippen molar-refractivity contribution in [3.8, 4) is 12.1 Å². The highest BCUT2D eigenvalue weighted by Crippen LogP contribution is 2.25. The number of carbonyl (C=O) groups is 9. The normalized spacial score (nSPS) is 14.0. The van der Waals surface area contributed by atoms with Crippen molar-refractivity contribution in [1.82, 2.24) is 9.80 Å². The van der Waals surface area contributed by atoms with Crippen LogP contribution in [-0.2, 0) is 81.0 Å². The van der Waals surface area contributed by atoms with Crippen molar-refractivity contribution in [3.63, 3.8) is 0 Å². The Labute approximate surface area is 664 Å². The van der Waals surface area contributed by atoms with Crippen LogP contribution < -0.4 is 0 Å². The van der Waals surface area contributed by atoms with Crippen LogP contribution in [0.3, 0.4) is 0 Å². The van der Waals surface area contributed by atoms with E-state index in [2.05, 4.69) is 107 Å². The Bertz CT molecular complexity index is 2580. The van der Waals surface area contributed by atoms with Crippen molar-refractivity contribution in [3.05, 3.63) is 61.2 Å². The highest BCUT2D eigenvalue weighted by molar-refractivity contribution is 5.82. The Hall–Kier alpha value is -7.29. The van der Waals surface area contributed by atoms with Gasteiger partial charge in [0.2, 0.25) is 11.8 Å². The van der Waals surface area contributed by atoms with Crippen molar-refractivity contribution < 1.29 is 101 Å². The number of benzene rings is 1. The molecule has 2 heterocycles. The minimum absolute atomic E-state index is 0.0995. The number of likely N-dealkylation sites (tertiary alicyclic amines) is 2. The second-order valence-electron chi connectivity index (χ2n) is 29.7. The molecule has 3 rings (SSSR count). The maximum absolute atomic E-state index is 11.5. The fourth-order valence-corrected chi connectivity index (χ4v) is 7.02. The SMILES string of the molecule is C=CC(=O)OCC(O)COC(=O)C(C)(C)CC.C=CC(=O)OCC(O)COC(=O)C(C)(C)CC.CCC(C)(C)C(=O)OCCO.CCC(C)(C)C(=O)OCCO.CCC(C)(C)C(=O)OCCOC.CCC(C)C#N.CCC(C)C#N.CCC(C)N1CCCC1=O.CCC(C)N1CCCC1=O.CCC(C)c1ccccc1. The molecule has 2 saturated heterocycles. The van der Waals surface area contributed by atoms with Gasteiger partial charge in [-0.3, -0.25) is 33.6 Å². The van der Waals surface area contributed by atoms with E-state index in [-0.39, 0.29) is 100.0 Å². The third-order valence-corrected chi connectivity index (χ3v) is 18.4. The molecule has 0 aromatic heterocycles. The number of methoxy groups -OCH3 is 1. The largest absolute Gasteiger partial charge is 0.463 e. The number of hydrogen-bond acceptors (Lipinski definition) is 23. The van der Waals surface area contributed by atoms with Crippen molar-refractivity contribution in [2.24, 2.45) is 38.9 Å². The average molecular weight is 1570 g/mol. The smallest absolute Gasteiger partial charge is 0.330 e. The molecule has 638 valence electrons. The van der Waals surface area contributed by atoms with Crippen LogP contribution in [0.25, 0.3) is 0 Å². The summed E-state index contributed by atoms with van der Waals surface area (Å²) in [5.41, 5.74) is -0.905. The fraction of sp³-hybridized carbons (Fsp3) is 0.753. The number of amides is 2. The van der Waals surface area contributed by atoms with E-state index in [0.717, 1.165) is 95.9 Å². The average Bonchev–Trinajstić information content (AvgIpc) is 1.85. The summed E-state index contributed by atoms with van der Waals surface area (Å²) in [5, 5.41) is 51.7. The van der Waals surface area contributed by atoms with Crippen LogP contribution in [0.2, 0.25) is 0 Å². The lowest BCUT2D eigenvalue weighted by Crippen LogP contribution is -2.33. The number of nitriles is 2. The summed E-state index contributed by atoms with van der Waals surface area (Å²) in [5.74, 6) is -0.762. The first kappa shape index (κ1) is 116. The molecule has 25 heteroatoms. The first-order chi connectivity index (χ1) is 51.3. The standard InChI is InChI=1S/2C12H20O5.C10H14.C9H18O3.2C8H15NO.2C8H16O3.2C5H9N/c2*1-5-10(14)16-7-9(13)8-17-11(15)12(3,4)6-2;1-3-9(2)10-7-5-4-6-8-10;1-5-9(2,3)8(10)12-7-6-11-4;2*1-3-7(2)9-6-4-5-8(9)10;2*1-4-8(2,3)7(10)11-6-5-9;2*1-3-5(2)4-6/h2*5,9,13H,1,6-8H2,2-4H3;4-9H,3H2,1-2H3;5-7H2,1-4H3;2*7H,3-6H2,1-2H3;2*9H,4-6H2,1-3H3;2*5H,3H2,1-2H3. The van der Waals surface area contributed by atoms with Gasteiger partial charge >= 0.3 is 41.8 Å². The number of ether oxygens (including phenoxy) is 8. The van der Waals surface area contributed by atoms with Gasteiger partial charge in [-0.05, 0) is 185 Å². The summed E-state index contributed by atoms with van der Waals surface area (Å²) in [7, 11) is 1.58. The number of aliphatic hydroxyl groups excluding tert-OH is 4. The molecular formula is C85H152N4O21. The summed E-state index contributed by atoms with van der Waals surface area (Å²) >= 11 is 0. The Kier molecular flexibility index (Phi) is 72.2. The van der Waals surface area contributed by atoms with E-state index < -0.39 is 45.8 Å². The molecule has 0 aliphatic carbocycles. The van der Waals surface area contributed by atoms with Crippen LogP contribution in [0, 0.1) is 61.6 Å². The van der Waals surface area contributed by atoms with E-state index in [0.29, 0.717) is 55.9 Å². The van der Waals surface area contributed by atoms with Gasteiger partial charge < -0.3 is 68.1 Å². The molecule has 0 spiro atoms. The number of nitrogens with zero attached hydrogens (tertiary/aromatic N) is 4. The summed E-state index contributed by atoms with van der Waals surface area (Å²) in [4.78, 5) is 104. The quantitative estimate of drug-likeness (QED) is 0.0212. The zero-order valence-corrected chi connectivity index (χ0v) is 72.9. The molecule has 110 heavy (non-hydrogen) atoms. The lowest BCUT2D eigenvalue weighted by molar-refractivity contribution is -0.160. The Morgan fingerprint density at radius 3 is 0.945 bits per heavy atom. The summed E-state index contributed by atoms with van der Waals surface area (Å²) in [6, 6.07) is 15.8. The number of carbonyl (C=O) groups excluding carboxylic acids is 9. The molecule has 2 fully saturated rings. The van der Waals surface area contributed by atoms with Gasteiger partial charge in [0.25, 0.3) is 0 Å². The molecule has 2 aliphatic heterocycles. The molecular weight excluding hydrogens is 1410 g/mol. The van der Waals surface area contributed by atoms with Crippen LogP contribution in [0.5, 0.6) is 0 Å². The summed E-state index contributed by atoms with van der Waals surface area (Å²) in [6.45, 7) is 56.9. The van der Waals surface area contributed by atoms with E-state index in [4.69, 9.17) is 49.2 Å². The first-order valence-corrected chi connectivity index (χ1v) is 39.2. The molecule has 2 aliphatic rings. The van der Waals surface area contributed by atoms with Gasteiger partial charge in [-0.1, -0.05) is 120 Å². The number of aliphatic hydroxyl groups is 4. The Morgan fingerprint density at radius 2 is 0.736 bits per heavy atom. The van der Waals surface area contributed by atoms with Crippen LogP contribution in [0.15, 0.2) is 55.6 Å². The molecule has 7 atom stereocenters. The van der Waals surface area contributed by atoms with E-state index in [1.165, 1.54) is 12.0 Å². The summed E-state index contributed by atoms with van der Waals surface area (Å²) in [6.07, 6.45) is 12.5. The van der Waals surface area contributed by atoms with Crippen molar-refractivity contribution in [2.75, 3.05) is 86.3 Å². The minimum Gasteiger partial charge on any atom is -0.463 e. The van der Waals surface area contributed by atoms with Gasteiger partial charge in [-0.25, -0.2) is 9.59 Å². The van der Waals surface area contributed by atoms with Gasteiger partial charge in [0.1, 0.15) is 58.5 Å². The lowest BCUT2D eigenvalue weighted by Gasteiger charge is -2.22. The topological polar surface area (TPSA) is 362 Å². The zero-order chi connectivity index (χ0) is 86.9. The molecule has 25 nitrogen and oxygen atoms in total. The van der Waals surface area contributed by atoms with Gasteiger partial charge in [-0.15, -0.1) is 0 Å². The molecule has 1 aromatic carbocycles. The summed E-state index contributed by atoms with van der Waals surface area (Å²) < 4.78 is 38.3. The van der Waals surface area contributed by atoms with Crippen molar-refractivity contribution >= 4 is 53.6 Å². The molecule has 4 N–H and O–H groups in total. The maximum atomic E-state index is 11.5. The predicted molar refractivity (Wildman–Crippen MR) is 432 cm³/mol. The van der Waals surface area contributed by atoms with Crippen LogP contribution >= 0.6 is 0 Å². The second kappa shape index (κ2) is 68.5. The van der Waals surface area contributed by atoms with Crippen molar-refractivity contribution in [2.45, 2.75) is 293 Å². The molecule has 2 amide bonds. The van der Waals surface area contributed by atoms with Gasteiger partial charge in [-0.2, -0.15) is 10.5 Å². The number of rotatable bonds is 35. The highest BCUT2D eigenvalue weighted by atomic mass is 16.6. The van der Waals surface area contributed by atoms with E-state index in [1.807, 2.05) is 114 Å². The minimum atomic E-state index is -1.02. The van der Waals surface area contributed by atoms with Crippen LogP contribution in [-0.4, -0.2) is 194 Å². The van der Waals surface area contributed by atoms with E-state index in [1.54, 1.807) is 34.8 Å². The number of esters is 7. The predicted octanol–water partition coefficient (Wildman–Crippen LogP) is 14.8. The van der Waals surface area contributed by atoms with Crippen molar-refractivity contribution in [1.29, 1.82) is 10.5 Å². The zero-order valence-electron chi connectivity index (χ0n) is 72.9. The maximum Gasteiger partial charge on any atom is 0.330 e. The van der Waals surface area contributed by atoms with E-state index in [9.17, 15) is 53.4 Å². The van der Waals surface area contributed by atoms with Gasteiger partial charge in [0.05, 0.1) is 59.0 Å². The van der Waals surface area contributed by atoms with Gasteiger partial charge in [0, 0.05) is 69.1 Å². The molecule has 0 saturated carbocycles. The second-order valence-corrected chi connectivity index (χ2v) is 29.7. The monoisotopic (exact) mass is 1570 g/mol. The van der Waals surface area contributed by atoms with Gasteiger partial charge in [0.15, 0.2) is 0 Å². The molecule has 0 radical (unpaired) electrons. The van der Waals surface area contributed by atoms with Crippen LogP contribution in [0.1, 0.15) is 274 Å². The third kappa shape index (κ3) is 60.4. The fourth-order valence-electron chi connectivity index (χ4n) is 7.02. The lowest BCUT2D eigenvalue weighted by atomic mass is 9.91. The van der Waals surface area contributed by atoms with Crippen LogP contribution in [0.4, 0.5) is 0 Å². The molecule has 0 bridgehead atoms. The Morgan fingerprint density at radius 1 is 0.455 bits per heavy atom. The highest BCUT2D eigenvalue weighted by Gasteiger charge is 2.31. The molecule has 7 unspecified atom stereocenters. The molecule has 1 aromatic rings. The Balaban J connectivity index is -0.000000217. The third-order valence-electron chi connectivity index (χ3n) is 18.4. The first-order valence-electron chi connectivity index (χ1n) is 39.2. The van der Waals surface area contributed by atoms with E-state index >= 15 is 0 Å².